The average Bonchev–Trinajstić information content (AvgIpc) is 2.90. The van der Waals surface area contributed by atoms with Crippen molar-refractivity contribution < 1.29 is 19.7 Å². The molecule has 1 atom stereocenters. The second-order valence-electron chi connectivity index (χ2n) is 9.80. The first-order chi connectivity index (χ1) is 17.7. The third-order valence-electron chi connectivity index (χ3n) is 6.25. The fraction of sp³-hybridized carbons (Fsp3) is 0.226. The maximum absolute atomic E-state index is 11.3. The lowest BCUT2D eigenvalue weighted by Gasteiger charge is -2.28. The molecule has 0 amide bonds. The van der Waals surface area contributed by atoms with E-state index in [0.717, 1.165) is 6.42 Å². The molecule has 0 fully saturated rings. The van der Waals surface area contributed by atoms with Gasteiger partial charge in [0, 0.05) is 12.1 Å². The van der Waals surface area contributed by atoms with E-state index in [-0.39, 0.29) is 30.1 Å². The Balaban J connectivity index is 0.00000400. The van der Waals surface area contributed by atoms with Crippen LogP contribution in [0.2, 0.25) is 0 Å². The summed E-state index contributed by atoms with van der Waals surface area (Å²) in [5.41, 5.74) is 2.87. The van der Waals surface area contributed by atoms with Gasteiger partial charge >= 0.3 is 5.97 Å². The second-order valence-corrected chi connectivity index (χ2v) is 9.80. The minimum absolute atomic E-state index is 0. The van der Waals surface area contributed by atoms with Crippen molar-refractivity contribution in [2.45, 2.75) is 31.9 Å². The fourth-order valence-corrected chi connectivity index (χ4v) is 4.32. The second kappa shape index (κ2) is 12.6. The highest BCUT2D eigenvalue weighted by atomic mass is 35.5. The van der Waals surface area contributed by atoms with Crippen LogP contribution in [0.3, 0.4) is 0 Å². The molecule has 0 aliphatic heterocycles. The summed E-state index contributed by atoms with van der Waals surface area (Å²) >= 11 is 0. The smallest absolute Gasteiger partial charge is 0.335 e. The largest absolute Gasteiger partial charge is 0.489 e. The highest BCUT2D eigenvalue weighted by molar-refractivity contribution is 5.89. The van der Waals surface area contributed by atoms with Crippen LogP contribution < -0.4 is 10.1 Å². The highest BCUT2D eigenvalue weighted by Crippen LogP contribution is 2.27. The number of carboxylic acids is 1. The molecule has 6 nitrogen and oxygen atoms in total. The number of aliphatic hydroxyl groups excluding tert-OH is 1. The van der Waals surface area contributed by atoms with Gasteiger partial charge in [-0.1, -0.05) is 60.7 Å². The van der Waals surface area contributed by atoms with Crippen molar-refractivity contribution in [3.05, 3.63) is 102 Å². The Morgan fingerprint density at radius 2 is 1.71 bits per heavy atom. The number of halogens is 1. The summed E-state index contributed by atoms with van der Waals surface area (Å²) in [7, 11) is 0. The van der Waals surface area contributed by atoms with Gasteiger partial charge in [-0.2, -0.15) is 5.26 Å². The maximum atomic E-state index is 11.3. The van der Waals surface area contributed by atoms with E-state index in [1.807, 2.05) is 12.1 Å². The number of benzene rings is 4. The van der Waals surface area contributed by atoms with Gasteiger partial charge in [0.25, 0.3) is 0 Å². The number of carboxylic acid groups (broad SMARTS) is 1. The van der Waals surface area contributed by atoms with E-state index >= 15 is 0 Å². The number of nitriles is 1. The number of aromatic carboxylic acids is 1. The van der Waals surface area contributed by atoms with Gasteiger partial charge in [0.1, 0.15) is 24.5 Å². The topological polar surface area (TPSA) is 103 Å². The Morgan fingerprint density at radius 1 is 0.974 bits per heavy atom. The molecular weight excluding hydrogens is 500 g/mol. The van der Waals surface area contributed by atoms with Crippen LogP contribution in [0.4, 0.5) is 0 Å². The van der Waals surface area contributed by atoms with Crippen molar-refractivity contribution in [2.75, 3.05) is 13.2 Å². The van der Waals surface area contributed by atoms with Gasteiger partial charge in [0.15, 0.2) is 0 Å². The molecule has 1 unspecified atom stereocenters. The van der Waals surface area contributed by atoms with Gasteiger partial charge in [-0.25, -0.2) is 4.79 Å². The van der Waals surface area contributed by atoms with Gasteiger partial charge in [0.2, 0.25) is 0 Å². The average molecular weight is 531 g/mol. The molecule has 4 aromatic carbocycles. The van der Waals surface area contributed by atoms with E-state index in [1.165, 1.54) is 22.4 Å². The molecule has 7 heteroatoms. The Kier molecular flexibility index (Phi) is 9.49. The van der Waals surface area contributed by atoms with Gasteiger partial charge in [-0.05, 0) is 72.0 Å². The van der Waals surface area contributed by atoms with Crippen molar-refractivity contribution in [1.82, 2.24) is 5.32 Å². The van der Waals surface area contributed by atoms with Crippen LogP contribution in [0.5, 0.6) is 5.75 Å². The van der Waals surface area contributed by atoms with Crippen LogP contribution in [0.25, 0.3) is 21.9 Å². The van der Waals surface area contributed by atoms with Crippen LogP contribution in [0.15, 0.2) is 84.9 Å². The molecule has 0 radical (unpaired) electrons. The van der Waals surface area contributed by atoms with E-state index in [0.29, 0.717) is 29.0 Å². The Bertz CT molecular complexity index is 1460. The number of fused-ring (bicyclic) bond motifs is 1. The molecular formula is C31H31ClN2O4. The molecule has 0 aliphatic carbocycles. The zero-order valence-corrected chi connectivity index (χ0v) is 22.2. The Morgan fingerprint density at radius 3 is 2.45 bits per heavy atom. The van der Waals surface area contributed by atoms with Gasteiger partial charge < -0.3 is 20.3 Å². The summed E-state index contributed by atoms with van der Waals surface area (Å²) in [5.74, 6) is -0.638. The molecule has 0 spiro atoms. The van der Waals surface area contributed by atoms with E-state index in [1.54, 1.807) is 36.4 Å². The van der Waals surface area contributed by atoms with Crippen LogP contribution in [-0.4, -0.2) is 41.0 Å². The predicted molar refractivity (Wildman–Crippen MR) is 152 cm³/mol. The Labute approximate surface area is 228 Å². The summed E-state index contributed by atoms with van der Waals surface area (Å²) in [5, 5.41) is 35.2. The number of hydrogen-bond acceptors (Lipinski definition) is 5. The third-order valence-corrected chi connectivity index (χ3v) is 6.25. The minimum atomic E-state index is -1.01. The minimum Gasteiger partial charge on any atom is -0.489 e. The maximum Gasteiger partial charge on any atom is 0.335 e. The normalized spacial score (nSPS) is 11.8. The molecule has 0 heterocycles. The molecule has 196 valence electrons. The molecule has 4 aromatic rings. The van der Waals surface area contributed by atoms with Crippen molar-refractivity contribution in [3.63, 3.8) is 0 Å². The molecule has 0 bridgehead atoms. The van der Waals surface area contributed by atoms with Crippen molar-refractivity contribution in [1.29, 1.82) is 5.26 Å². The monoisotopic (exact) mass is 530 g/mol. The van der Waals surface area contributed by atoms with E-state index in [4.69, 9.17) is 4.74 Å². The lowest BCUT2D eigenvalue weighted by atomic mass is 9.93. The Hall–Kier alpha value is -3.89. The van der Waals surface area contributed by atoms with Gasteiger partial charge in [-0.3, -0.25) is 0 Å². The first-order valence-electron chi connectivity index (χ1n) is 12.2. The molecule has 0 aromatic heterocycles. The standard InChI is InChI=1S/C31H30N2O4.ClH/c1-31(2,17-21-10-11-22-6-3-4-7-23(22)14-21)33-19-28(34)20-37-29-13-12-25(16-27(29)18-32)24-8-5-9-26(15-24)30(35)36;/h3-16,28,33-34H,17,19-20H2,1-2H3,(H,35,36);1H. The zero-order chi connectivity index (χ0) is 26.4. The number of nitrogens with zero attached hydrogens (tertiary/aromatic N) is 1. The molecule has 38 heavy (non-hydrogen) atoms. The summed E-state index contributed by atoms with van der Waals surface area (Å²) < 4.78 is 5.77. The molecule has 4 rings (SSSR count). The van der Waals surface area contributed by atoms with Gasteiger partial charge in [-0.15, -0.1) is 12.4 Å². The number of carbonyl (C=O) groups is 1. The lowest BCUT2D eigenvalue weighted by molar-refractivity contribution is 0.0697. The van der Waals surface area contributed by atoms with E-state index in [9.17, 15) is 20.3 Å². The number of nitrogens with one attached hydrogen (secondary N) is 1. The van der Waals surface area contributed by atoms with Crippen LogP contribution >= 0.6 is 12.4 Å². The number of β-amino-alcohol motifs (C(OH)–C–C–N with tert-alkyl or cyclic N) is 1. The molecule has 3 N–H and O–H groups in total. The van der Waals surface area contributed by atoms with Crippen molar-refractivity contribution >= 4 is 29.1 Å². The quantitative estimate of drug-likeness (QED) is 0.238. The van der Waals surface area contributed by atoms with Crippen LogP contribution in [0, 0.1) is 11.3 Å². The number of aliphatic hydroxyl groups is 1. The third kappa shape index (κ3) is 7.33. The van der Waals surface area contributed by atoms with Gasteiger partial charge in [0.05, 0.1) is 11.1 Å². The fourth-order valence-electron chi connectivity index (χ4n) is 4.32. The summed E-state index contributed by atoms with van der Waals surface area (Å²) in [6.07, 6.45) is 0.0310. The first kappa shape index (κ1) is 28.7. The first-order valence-corrected chi connectivity index (χ1v) is 12.2. The predicted octanol–water partition coefficient (Wildman–Crippen LogP) is 5.85. The molecule has 0 saturated heterocycles. The van der Waals surface area contributed by atoms with Crippen LogP contribution in [-0.2, 0) is 6.42 Å². The van der Waals surface area contributed by atoms with Crippen molar-refractivity contribution in [2.24, 2.45) is 0 Å². The molecule has 0 aliphatic rings. The summed E-state index contributed by atoms with van der Waals surface area (Å²) in [6, 6.07) is 28.5. The summed E-state index contributed by atoms with van der Waals surface area (Å²) in [6.45, 7) is 4.56. The lowest BCUT2D eigenvalue weighted by Crippen LogP contribution is -2.46. The highest BCUT2D eigenvalue weighted by Gasteiger charge is 2.20. The van der Waals surface area contributed by atoms with Crippen LogP contribution in [0.1, 0.15) is 35.3 Å². The number of hydrogen-bond donors (Lipinski definition) is 3. The molecule has 0 saturated carbocycles. The van der Waals surface area contributed by atoms with E-state index < -0.39 is 12.1 Å². The summed E-state index contributed by atoms with van der Waals surface area (Å²) in [4.78, 5) is 11.3. The van der Waals surface area contributed by atoms with Crippen molar-refractivity contribution in [3.8, 4) is 22.9 Å². The number of ether oxygens (including phenoxy) is 1. The SMILES string of the molecule is CC(C)(Cc1ccc2ccccc2c1)NCC(O)COc1ccc(-c2cccc(C(=O)O)c2)cc1C#N.Cl. The zero-order valence-electron chi connectivity index (χ0n) is 21.3. The number of rotatable bonds is 10. The van der Waals surface area contributed by atoms with E-state index in [2.05, 4.69) is 55.6 Å².